The van der Waals surface area contributed by atoms with Gasteiger partial charge in [0.05, 0.1) is 18.2 Å². The minimum atomic E-state index is -3.58. The molecule has 5 nitrogen and oxygen atoms in total. The lowest BCUT2D eigenvalue weighted by Gasteiger charge is -2.37. The number of benzene rings is 1. The lowest BCUT2D eigenvalue weighted by atomic mass is 10.1. The Morgan fingerprint density at radius 3 is 2.67 bits per heavy atom. The van der Waals surface area contributed by atoms with E-state index in [9.17, 15) is 8.42 Å². The largest absolute Gasteiger partial charge is 0.304 e. The number of nitriles is 1. The lowest BCUT2D eigenvalue weighted by Crippen LogP contribution is -2.50. The minimum Gasteiger partial charge on any atom is -0.257 e. The lowest BCUT2D eigenvalue weighted by molar-refractivity contribution is 0.268. The highest BCUT2D eigenvalue weighted by atomic mass is 32.2. The number of piperidine rings is 1. The van der Waals surface area contributed by atoms with Crippen molar-refractivity contribution in [1.82, 2.24) is 4.31 Å². The zero-order valence-electron chi connectivity index (χ0n) is 12.3. The molecule has 1 aliphatic rings. The topological polar surface area (TPSA) is 64.4 Å². The monoisotopic (exact) mass is 307 g/mol. The van der Waals surface area contributed by atoms with Crippen molar-refractivity contribution in [2.45, 2.75) is 38.6 Å². The van der Waals surface area contributed by atoms with Gasteiger partial charge in [0.25, 0.3) is 0 Å². The number of hydrogen-bond donors (Lipinski definition) is 0. The van der Waals surface area contributed by atoms with E-state index in [1.807, 2.05) is 31.2 Å². The van der Waals surface area contributed by atoms with Crippen LogP contribution in [0.1, 0.15) is 32.6 Å². The summed E-state index contributed by atoms with van der Waals surface area (Å²) >= 11 is 0. The number of rotatable bonds is 5. The van der Waals surface area contributed by atoms with Gasteiger partial charge in [0, 0.05) is 19.1 Å². The van der Waals surface area contributed by atoms with Crippen molar-refractivity contribution < 1.29 is 8.42 Å². The first-order chi connectivity index (χ1) is 10.1. The number of anilines is 1. The predicted molar refractivity (Wildman–Crippen MR) is 83.0 cm³/mol. The summed E-state index contributed by atoms with van der Waals surface area (Å²) in [4.78, 5) is 0. The van der Waals surface area contributed by atoms with Crippen LogP contribution in [-0.2, 0) is 10.2 Å². The normalized spacial score (nSPS) is 19.9. The highest BCUT2D eigenvalue weighted by Gasteiger charge is 2.34. The van der Waals surface area contributed by atoms with Gasteiger partial charge in [-0.3, -0.25) is 4.31 Å². The Balaban J connectivity index is 2.33. The van der Waals surface area contributed by atoms with Crippen LogP contribution >= 0.6 is 0 Å². The third-order valence-electron chi connectivity index (χ3n) is 3.79. The maximum Gasteiger partial charge on any atom is 0.304 e. The number of nitrogens with zero attached hydrogens (tertiary/aromatic N) is 3. The zero-order valence-corrected chi connectivity index (χ0v) is 13.1. The maximum atomic E-state index is 12.9. The molecular weight excluding hydrogens is 286 g/mol. The van der Waals surface area contributed by atoms with Gasteiger partial charge in [-0.2, -0.15) is 18.0 Å². The van der Waals surface area contributed by atoms with Gasteiger partial charge in [0.2, 0.25) is 0 Å². The fraction of sp³-hybridized carbons (Fsp3) is 0.533. The molecule has 1 saturated heterocycles. The smallest absolute Gasteiger partial charge is 0.257 e. The summed E-state index contributed by atoms with van der Waals surface area (Å²) < 4.78 is 28.8. The van der Waals surface area contributed by atoms with Crippen LogP contribution in [0.2, 0.25) is 0 Å². The molecule has 1 unspecified atom stereocenters. The Labute approximate surface area is 127 Å². The van der Waals surface area contributed by atoms with Gasteiger partial charge in [-0.15, -0.1) is 0 Å². The van der Waals surface area contributed by atoms with Crippen molar-refractivity contribution in [1.29, 1.82) is 5.26 Å². The van der Waals surface area contributed by atoms with Gasteiger partial charge in [-0.25, -0.2) is 0 Å². The Hall–Kier alpha value is -1.58. The molecule has 0 N–H and O–H groups in total. The molecule has 1 aliphatic heterocycles. The molecule has 0 aliphatic carbocycles. The standard InChI is InChI=1S/C15H21N3O2S/c1-14-8-5-6-12-17(14)21(19,20)18(13-7-11-16)15-9-3-2-4-10-15/h2-4,9-10,14H,5-8,12-13H2,1H3. The number of para-hydroxylation sites is 1. The van der Waals surface area contributed by atoms with E-state index in [1.54, 1.807) is 16.4 Å². The van der Waals surface area contributed by atoms with Crippen molar-refractivity contribution in [2.24, 2.45) is 0 Å². The van der Waals surface area contributed by atoms with Crippen LogP contribution < -0.4 is 4.31 Å². The second-order valence-electron chi connectivity index (χ2n) is 5.28. The van der Waals surface area contributed by atoms with Crippen LogP contribution in [0.25, 0.3) is 0 Å². The average molecular weight is 307 g/mol. The van der Waals surface area contributed by atoms with Gasteiger partial charge >= 0.3 is 10.2 Å². The summed E-state index contributed by atoms with van der Waals surface area (Å²) in [6.45, 7) is 2.69. The summed E-state index contributed by atoms with van der Waals surface area (Å²) in [5, 5.41) is 8.81. The predicted octanol–water partition coefficient (Wildman–Crippen LogP) is 2.53. The third-order valence-corrected chi connectivity index (χ3v) is 5.87. The van der Waals surface area contributed by atoms with E-state index >= 15 is 0 Å². The molecule has 0 spiro atoms. The van der Waals surface area contributed by atoms with E-state index in [4.69, 9.17) is 5.26 Å². The molecule has 114 valence electrons. The molecule has 1 fully saturated rings. The molecule has 2 rings (SSSR count). The Bertz CT molecular complexity index is 595. The number of hydrogen-bond acceptors (Lipinski definition) is 3. The van der Waals surface area contributed by atoms with Crippen LogP contribution in [0.15, 0.2) is 30.3 Å². The van der Waals surface area contributed by atoms with Gasteiger partial charge in [0.15, 0.2) is 0 Å². The molecule has 0 radical (unpaired) electrons. The molecule has 0 saturated carbocycles. The molecular formula is C15H21N3O2S. The highest BCUT2D eigenvalue weighted by Crippen LogP contribution is 2.26. The summed E-state index contributed by atoms with van der Waals surface area (Å²) in [5.74, 6) is 0. The van der Waals surface area contributed by atoms with Crippen molar-refractivity contribution in [2.75, 3.05) is 17.4 Å². The summed E-state index contributed by atoms with van der Waals surface area (Å²) in [6.07, 6.45) is 3.03. The molecule has 0 amide bonds. The van der Waals surface area contributed by atoms with Crippen LogP contribution in [0.4, 0.5) is 5.69 Å². The molecule has 1 heterocycles. The Kier molecular flexibility index (Phi) is 5.21. The van der Waals surface area contributed by atoms with Crippen molar-refractivity contribution in [3.63, 3.8) is 0 Å². The van der Waals surface area contributed by atoms with E-state index in [-0.39, 0.29) is 19.0 Å². The molecule has 6 heteroatoms. The summed E-state index contributed by atoms with van der Waals surface area (Å²) in [5.41, 5.74) is 0.616. The van der Waals surface area contributed by atoms with Crippen LogP contribution in [0.3, 0.4) is 0 Å². The molecule has 1 aromatic rings. The SMILES string of the molecule is CC1CCCCN1S(=O)(=O)N(CCC#N)c1ccccc1. The molecule has 21 heavy (non-hydrogen) atoms. The van der Waals surface area contributed by atoms with Gasteiger partial charge in [0.1, 0.15) is 0 Å². The van der Waals surface area contributed by atoms with Gasteiger partial charge < -0.3 is 0 Å². The first-order valence-corrected chi connectivity index (χ1v) is 8.68. The van der Waals surface area contributed by atoms with E-state index in [2.05, 4.69) is 0 Å². The van der Waals surface area contributed by atoms with Crippen molar-refractivity contribution >= 4 is 15.9 Å². The molecule has 1 atom stereocenters. The zero-order chi connectivity index (χ0) is 15.3. The average Bonchev–Trinajstić information content (AvgIpc) is 2.49. The van der Waals surface area contributed by atoms with E-state index in [0.717, 1.165) is 19.3 Å². The fourth-order valence-corrected chi connectivity index (χ4v) is 4.55. The van der Waals surface area contributed by atoms with E-state index in [0.29, 0.717) is 12.2 Å². The Morgan fingerprint density at radius 1 is 1.33 bits per heavy atom. The Morgan fingerprint density at radius 2 is 2.05 bits per heavy atom. The van der Waals surface area contributed by atoms with Crippen LogP contribution in [-0.4, -0.2) is 31.9 Å². The second kappa shape index (κ2) is 6.92. The van der Waals surface area contributed by atoms with Gasteiger partial charge in [-0.05, 0) is 31.9 Å². The van der Waals surface area contributed by atoms with Crippen LogP contribution in [0, 0.1) is 11.3 Å². The fourth-order valence-electron chi connectivity index (χ4n) is 2.66. The first-order valence-electron chi connectivity index (χ1n) is 7.29. The molecule has 1 aromatic carbocycles. The quantitative estimate of drug-likeness (QED) is 0.839. The maximum absolute atomic E-state index is 12.9. The van der Waals surface area contributed by atoms with E-state index in [1.165, 1.54) is 4.31 Å². The van der Waals surface area contributed by atoms with E-state index < -0.39 is 10.2 Å². The molecule has 0 bridgehead atoms. The summed E-state index contributed by atoms with van der Waals surface area (Å²) in [6, 6.07) is 11.0. The highest BCUT2D eigenvalue weighted by molar-refractivity contribution is 7.90. The van der Waals surface area contributed by atoms with Crippen molar-refractivity contribution in [3.05, 3.63) is 30.3 Å². The second-order valence-corrected chi connectivity index (χ2v) is 7.08. The summed E-state index contributed by atoms with van der Waals surface area (Å²) in [7, 11) is -3.58. The molecule has 0 aromatic heterocycles. The van der Waals surface area contributed by atoms with Gasteiger partial charge in [-0.1, -0.05) is 24.6 Å². The van der Waals surface area contributed by atoms with Crippen LogP contribution in [0.5, 0.6) is 0 Å². The van der Waals surface area contributed by atoms with Crippen molar-refractivity contribution in [3.8, 4) is 6.07 Å². The third kappa shape index (κ3) is 3.55. The first kappa shape index (κ1) is 15.8. The minimum absolute atomic E-state index is 0.0112.